The summed E-state index contributed by atoms with van der Waals surface area (Å²) in [6.45, 7) is 8.95. The number of carboxylic acid groups (broad SMARTS) is 1. The third-order valence-corrected chi connectivity index (χ3v) is 13.1. The van der Waals surface area contributed by atoms with Gasteiger partial charge in [-0.2, -0.15) is 0 Å². The van der Waals surface area contributed by atoms with E-state index in [0.717, 1.165) is 16.5 Å². The molecule has 2 bridgehead atoms. The monoisotopic (exact) mass is 847 g/mol. The van der Waals surface area contributed by atoms with Crippen LogP contribution >= 0.6 is 0 Å². The van der Waals surface area contributed by atoms with Crippen LogP contribution in [0.4, 0.5) is 0 Å². The minimum absolute atomic E-state index is 0.0518. The van der Waals surface area contributed by atoms with Gasteiger partial charge in [-0.05, 0) is 95.5 Å². The number of nitrogens with zero attached hydrogens (tertiary/aromatic N) is 1. The molecule has 3 heterocycles. The molecule has 3 aliphatic heterocycles. The van der Waals surface area contributed by atoms with Crippen LogP contribution in [0.25, 0.3) is 0 Å². The van der Waals surface area contributed by atoms with E-state index in [1.54, 1.807) is 26.8 Å². The normalized spacial score (nSPS) is 39.6. The highest BCUT2D eigenvalue weighted by atomic mass is 16.7. The lowest BCUT2D eigenvalue weighted by molar-refractivity contribution is -0.302. The minimum Gasteiger partial charge on any atom is -0.478 e. The van der Waals surface area contributed by atoms with Crippen molar-refractivity contribution in [3.05, 3.63) is 35.5 Å². The van der Waals surface area contributed by atoms with Crippen LogP contribution in [0.1, 0.15) is 105 Å². The standard InChI is InChI=1S/C45H69NO14/c1-25-18-26(2)20-37(57-7)41-38(58-8)22-28(4)45(55,60-41)42(52)43(53)46-17-10-9-13-32(46)44(54)59-40(27(3)21-30-15-16-33(47)36(23-30)56-6)29(5)34(48)24-35(49)31(19-25)12-11-14-39(50)51/h11,14,19,21,26,28-34,36-38,40-41,47-48,55H,9-10,12-13,15-18,20,22-24H2,1-8H3,(H,50,51)/b14-11+,25-19-,27-21+/t26-,28-,29-,30+,31+,32+,33-,34+,36-,37-,38+,40-,41+,45-/m1/s1. The molecule has 4 N–H and O–H groups in total. The van der Waals surface area contributed by atoms with Gasteiger partial charge < -0.3 is 49.0 Å². The molecule has 4 rings (SSSR count). The van der Waals surface area contributed by atoms with E-state index in [1.807, 2.05) is 19.9 Å². The molecule has 1 saturated carbocycles. The van der Waals surface area contributed by atoms with Gasteiger partial charge in [0, 0.05) is 58.1 Å². The maximum atomic E-state index is 14.3. The highest BCUT2D eigenvalue weighted by molar-refractivity contribution is 6.39. The quantitative estimate of drug-likeness (QED) is 0.117. The van der Waals surface area contributed by atoms with Crippen molar-refractivity contribution in [2.75, 3.05) is 27.9 Å². The number of carboxylic acids is 1. The largest absolute Gasteiger partial charge is 0.478 e. The van der Waals surface area contributed by atoms with Crippen LogP contribution in [0.15, 0.2) is 35.5 Å². The Morgan fingerprint density at radius 3 is 2.23 bits per heavy atom. The first-order valence-corrected chi connectivity index (χ1v) is 21.5. The average Bonchev–Trinajstić information content (AvgIpc) is 3.21. The van der Waals surface area contributed by atoms with Crippen molar-refractivity contribution in [1.82, 2.24) is 4.90 Å². The molecule has 0 aromatic rings. The van der Waals surface area contributed by atoms with Gasteiger partial charge in [-0.3, -0.25) is 14.4 Å². The van der Waals surface area contributed by atoms with Gasteiger partial charge in [0.15, 0.2) is 0 Å². The summed E-state index contributed by atoms with van der Waals surface area (Å²) in [5, 5.41) is 43.5. The maximum Gasteiger partial charge on any atom is 0.329 e. The van der Waals surface area contributed by atoms with Crippen LogP contribution in [0.2, 0.25) is 0 Å². The maximum absolute atomic E-state index is 14.3. The van der Waals surface area contributed by atoms with Crippen molar-refractivity contribution >= 4 is 29.4 Å². The fourth-order valence-electron chi connectivity index (χ4n) is 9.56. The van der Waals surface area contributed by atoms with Crippen LogP contribution in [0, 0.1) is 29.6 Å². The number of carbonyl (C=O) groups excluding carboxylic acids is 4. The predicted octanol–water partition coefficient (Wildman–Crippen LogP) is 4.09. The van der Waals surface area contributed by atoms with Gasteiger partial charge >= 0.3 is 11.9 Å². The number of esters is 1. The fraction of sp³-hybridized carbons (Fsp3) is 0.756. The van der Waals surface area contributed by atoms with E-state index in [0.29, 0.717) is 50.5 Å². The summed E-state index contributed by atoms with van der Waals surface area (Å²) in [7, 11) is 4.52. The molecule has 338 valence electrons. The zero-order valence-corrected chi connectivity index (χ0v) is 36.6. The van der Waals surface area contributed by atoms with Crippen molar-refractivity contribution < 1.29 is 68.1 Å². The topological polar surface area (TPSA) is 216 Å². The second-order valence-corrected chi connectivity index (χ2v) is 17.7. The number of Topliss-reactive ketones (excluding diaryl/α,β-unsaturated/α-hetero) is 2. The lowest BCUT2D eigenvalue weighted by Gasteiger charge is -2.47. The molecule has 14 atom stereocenters. The van der Waals surface area contributed by atoms with Crippen molar-refractivity contribution in [2.24, 2.45) is 29.6 Å². The SMILES string of the molecule is CO[C@H]1C[C@@H](C)[C@@]2(O)O[C@H]1[C@H](OC)C[C@H](C)C/C(C)=C\[C@H](C/C=C/C(=O)O)C(=O)C[C@H](O)[C@@H](C)[C@@H](/C(C)=C/[C@@H]1CC[C@@H](O)[C@H](OC)C1)OC(=O)[C@@H]1CCCCN1C(=O)C2=O. The number of methoxy groups -OCH3 is 3. The molecule has 0 aromatic carbocycles. The zero-order chi connectivity index (χ0) is 44.5. The Labute approximate surface area is 354 Å². The van der Waals surface area contributed by atoms with Gasteiger partial charge in [0.1, 0.15) is 24.0 Å². The van der Waals surface area contributed by atoms with Crippen molar-refractivity contribution in [2.45, 2.75) is 160 Å². The molecule has 0 aromatic heterocycles. The van der Waals surface area contributed by atoms with Gasteiger partial charge in [-0.15, -0.1) is 0 Å². The number of aliphatic carboxylic acids is 1. The lowest BCUT2D eigenvalue weighted by Crippen LogP contribution is -2.64. The number of piperidine rings is 1. The van der Waals surface area contributed by atoms with E-state index in [4.69, 9.17) is 23.7 Å². The zero-order valence-electron chi connectivity index (χ0n) is 36.6. The molecule has 1 aliphatic carbocycles. The molecule has 0 spiro atoms. The van der Waals surface area contributed by atoms with Crippen LogP contribution in [-0.4, -0.2) is 137 Å². The first-order chi connectivity index (χ1) is 28.3. The Kier molecular flexibility index (Phi) is 18.2. The van der Waals surface area contributed by atoms with E-state index in [1.165, 1.54) is 27.4 Å². The van der Waals surface area contributed by atoms with Gasteiger partial charge in [-0.1, -0.05) is 44.6 Å². The summed E-state index contributed by atoms with van der Waals surface area (Å²) in [5.41, 5.74) is 1.43. The number of hydrogen-bond acceptors (Lipinski definition) is 13. The molecule has 4 aliphatic rings. The highest BCUT2D eigenvalue weighted by Gasteiger charge is 2.56. The number of aliphatic hydroxyl groups excluding tert-OH is 2. The van der Waals surface area contributed by atoms with Crippen molar-refractivity contribution in [3.63, 3.8) is 0 Å². The number of aliphatic hydroxyl groups is 3. The third-order valence-electron chi connectivity index (χ3n) is 13.1. The molecule has 1 amide bonds. The first-order valence-electron chi connectivity index (χ1n) is 21.5. The van der Waals surface area contributed by atoms with E-state index < -0.39 is 95.9 Å². The Bertz CT molecular complexity index is 1610. The minimum atomic E-state index is -2.55. The van der Waals surface area contributed by atoms with E-state index in [2.05, 4.69) is 0 Å². The third kappa shape index (κ3) is 12.2. The molecule has 15 heteroatoms. The second-order valence-electron chi connectivity index (χ2n) is 17.7. The predicted molar refractivity (Wildman–Crippen MR) is 219 cm³/mol. The van der Waals surface area contributed by atoms with Gasteiger partial charge in [0.25, 0.3) is 11.7 Å². The van der Waals surface area contributed by atoms with Crippen LogP contribution in [0.3, 0.4) is 0 Å². The van der Waals surface area contributed by atoms with Crippen LogP contribution in [-0.2, 0) is 47.7 Å². The number of cyclic esters (lactones) is 1. The molecular weight excluding hydrogens is 778 g/mol. The van der Waals surface area contributed by atoms with Crippen LogP contribution < -0.4 is 0 Å². The smallest absolute Gasteiger partial charge is 0.329 e. The second kappa shape index (κ2) is 22.2. The number of rotatable bonds is 8. The van der Waals surface area contributed by atoms with Crippen LogP contribution in [0.5, 0.6) is 0 Å². The Morgan fingerprint density at radius 2 is 1.58 bits per heavy atom. The summed E-state index contributed by atoms with van der Waals surface area (Å²) in [6, 6.07) is -1.19. The van der Waals surface area contributed by atoms with E-state index in [-0.39, 0.29) is 49.8 Å². The van der Waals surface area contributed by atoms with Crippen molar-refractivity contribution in [1.29, 1.82) is 0 Å². The van der Waals surface area contributed by atoms with Crippen molar-refractivity contribution in [3.8, 4) is 0 Å². The number of allylic oxidation sites excluding steroid dienone is 4. The number of fused-ring (bicyclic) bond motifs is 3. The molecule has 15 nitrogen and oxygen atoms in total. The molecule has 60 heavy (non-hydrogen) atoms. The summed E-state index contributed by atoms with van der Waals surface area (Å²) >= 11 is 0. The number of ether oxygens (including phenoxy) is 5. The Morgan fingerprint density at radius 1 is 0.917 bits per heavy atom. The lowest BCUT2D eigenvalue weighted by atomic mass is 9.81. The summed E-state index contributed by atoms with van der Waals surface area (Å²) < 4.78 is 29.7. The van der Waals surface area contributed by atoms with Gasteiger partial charge in [-0.25, -0.2) is 9.59 Å². The molecule has 2 saturated heterocycles. The molecule has 0 unspecified atom stereocenters. The Hall–Kier alpha value is -3.31. The summed E-state index contributed by atoms with van der Waals surface area (Å²) in [6.07, 6.45) is 4.16. The number of hydrogen-bond donors (Lipinski definition) is 4. The van der Waals surface area contributed by atoms with Gasteiger partial charge in [0.05, 0.1) is 30.5 Å². The fourth-order valence-corrected chi connectivity index (χ4v) is 9.56. The van der Waals surface area contributed by atoms with Gasteiger partial charge in [0.2, 0.25) is 5.79 Å². The number of amides is 1. The first kappa shape index (κ1) is 49.3. The number of carbonyl (C=O) groups is 5. The summed E-state index contributed by atoms with van der Waals surface area (Å²) in [5.74, 6) is -9.74. The Balaban J connectivity index is 1.80. The van der Waals surface area contributed by atoms with E-state index in [9.17, 15) is 44.4 Å². The van der Waals surface area contributed by atoms with E-state index >= 15 is 0 Å². The average molecular weight is 848 g/mol. The molecule has 3 fully saturated rings. The molecular formula is C45H69NO14. The highest BCUT2D eigenvalue weighted by Crippen LogP contribution is 2.39. The number of ketones is 2. The molecule has 0 radical (unpaired) electrons. The summed E-state index contributed by atoms with van der Waals surface area (Å²) in [4.78, 5) is 69.4.